The minimum absolute atomic E-state index is 0.772. The van der Waals surface area contributed by atoms with Gasteiger partial charge in [-0.2, -0.15) is 0 Å². The van der Waals surface area contributed by atoms with E-state index in [9.17, 15) is 0 Å². The summed E-state index contributed by atoms with van der Waals surface area (Å²) in [6, 6.07) is 9.05. The molecule has 94 valence electrons. The zero-order valence-electron chi connectivity index (χ0n) is 11.0. The van der Waals surface area contributed by atoms with E-state index >= 15 is 0 Å². The van der Waals surface area contributed by atoms with E-state index in [1.54, 1.807) is 0 Å². The summed E-state index contributed by atoms with van der Waals surface area (Å²) >= 11 is 0. The molecule has 1 saturated heterocycles. The highest BCUT2D eigenvalue weighted by atomic mass is 16.5. The summed E-state index contributed by atoms with van der Waals surface area (Å²) < 4.78 is 5.76. The number of hydrogen-bond acceptors (Lipinski definition) is 2. The topological polar surface area (TPSA) is 12.5 Å². The molecule has 2 rings (SSSR count). The van der Waals surface area contributed by atoms with Crippen LogP contribution in [0.25, 0.3) is 0 Å². The molecule has 2 nitrogen and oxygen atoms in total. The minimum Gasteiger partial charge on any atom is -0.494 e. The van der Waals surface area contributed by atoms with E-state index in [1.165, 1.54) is 31.5 Å². The highest BCUT2D eigenvalue weighted by Crippen LogP contribution is 2.17. The van der Waals surface area contributed by atoms with Crippen LogP contribution in [0.5, 0.6) is 5.75 Å². The Labute approximate surface area is 105 Å². The summed E-state index contributed by atoms with van der Waals surface area (Å²) in [7, 11) is 0. The maximum absolute atomic E-state index is 5.76. The van der Waals surface area contributed by atoms with Crippen LogP contribution < -0.4 is 4.74 Å². The van der Waals surface area contributed by atoms with Gasteiger partial charge in [0.2, 0.25) is 0 Å². The second-order valence-electron chi connectivity index (χ2n) is 5.05. The first kappa shape index (κ1) is 12.4. The molecule has 0 radical (unpaired) electrons. The number of likely N-dealkylation sites (tertiary alicyclic amines) is 1. The standard InChI is InChI=1S/C15H23NO/c1-13-6-3-8-15(12-13)17-11-5-10-16-9-4-7-14(16)2/h3,6,8,12,14H,4-5,7,9-11H2,1-2H3. The molecule has 1 aliphatic heterocycles. The smallest absolute Gasteiger partial charge is 0.119 e. The summed E-state index contributed by atoms with van der Waals surface area (Å²) in [5.74, 6) is 1.000. The van der Waals surface area contributed by atoms with Crippen LogP contribution in [0.2, 0.25) is 0 Å². The highest BCUT2D eigenvalue weighted by Gasteiger charge is 2.18. The van der Waals surface area contributed by atoms with Crippen LogP contribution >= 0.6 is 0 Å². The lowest BCUT2D eigenvalue weighted by atomic mass is 10.2. The van der Waals surface area contributed by atoms with E-state index in [4.69, 9.17) is 4.74 Å². The highest BCUT2D eigenvalue weighted by molar-refractivity contribution is 5.27. The minimum atomic E-state index is 0.772. The first-order chi connectivity index (χ1) is 8.25. The first-order valence-electron chi connectivity index (χ1n) is 6.69. The molecule has 0 N–H and O–H groups in total. The van der Waals surface area contributed by atoms with Gasteiger partial charge >= 0.3 is 0 Å². The van der Waals surface area contributed by atoms with E-state index in [-0.39, 0.29) is 0 Å². The van der Waals surface area contributed by atoms with Gasteiger partial charge in [0.05, 0.1) is 6.61 Å². The summed E-state index contributed by atoms with van der Waals surface area (Å²) in [6.07, 6.45) is 3.84. The molecule has 1 aliphatic rings. The Morgan fingerprint density at radius 1 is 1.41 bits per heavy atom. The van der Waals surface area contributed by atoms with Gasteiger partial charge in [0.15, 0.2) is 0 Å². The molecular weight excluding hydrogens is 210 g/mol. The fraction of sp³-hybridized carbons (Fsp3) is 0.600. The van der Waals surface area contributed by atoms with Crippen molar-refractivity contribution in [2.24, 2.45) is 0 Å². The maximum atomic E-state index is 5.76. The predicted molar refractivity (Wildman–Crippen MR) is 71.6 cm³/mol. The second kappa shape index (κ2) is 6.06. The van der Waals surface area contributed by atoms with E-state index in [0.29, 0.717) is 0 Å². The Bertz CT molecular complexity index is 351. The molecule has 0 saturated carbocycles. The Hall–Kier alpha value is -1.02. The number of rotatable bonds is 5. The van der Waals surface area contributed by atoms with E-state index in [1.807, 2.05) is 12.1 Å². The Morgan fingerprint density at radius 3 is 3.00 bits per heavy atom. The predicted octanol–water partition coefficient (Wildman–Crippen LogP) is 3.25. The van der Waals surface area contributed by atoms with E-state index in [0.717, 1.165) is 24.8 Å². The van der Waals surface area contributed by atoms with Crippen molar-refractivity contribution in [2.75, 3.05) is 19.7 Å². The van der Waals surface area contributed by atoms with Gasteiger partial charge in [0, 0.05) is 12.6 Å². The average Bonchev–Trinajstić information content (AvgIpc) is 2.71. The summed E-state index contributed by atoms with van der Waals surface area (Å²) in [6.45, 7) is 7.69. The van der Waals surface area contributed by atoms with Crippen molar-refractivity contribution in [2.45, 2.75) is 39.2 Å². The SMILES string of the molecule is Cc1cccc(OCCCN2CCCC2C)c1. The van der Waals surface area contributed by atoms with Gasteiger partial charge < -0.3 is 9.64 Å². The van der Waals surface area contributed by atoms with Crippen molar-refractivity contribution < 1.29 is 4.74 Å². The maximum Gasteiger partial charge on any atom is 0.119 e. The van der Waals surface area contributed by atoms with Crippen LogP contribution in [0.1, 0.15) is 31.7 Å². The molecule has 0 aliphatic carbocycles. The van der Waals surface area contributed by atoms with Crippen LogP contribution in [0.15, 0.2) is 24.3 Å². The van der Waals surface area contributed by atoms with Crippen molar-refractivity contribution in [3.63, 3.8) is 0 Å². The lowest BCUT2D eigenvalue weighted by molar-refractivity contribution is 0.230. The van der Waals surface area contributed by atoms with Gasteiger partial charge in [-0.25, -0.2) is 0 Å². The molecule has 0 spiro atoms. The van der Waals surface area contributed by atoms with Crippen molar-refractivity contribution >= 4 is 0 Å². The third-order valence-corrected chi connectivity index (χ3v) is 3.54. The van der Waals surface area contributed by atoms with Crippen LogP contribution in [0.3, 0.4) is 0 Å². The quantitative estimate of drug-likeness (QED) is 0.724. The van der Waals surface area contributed by atoms with Crippen molar-refractivity contribution in [1.82, 2.24) is 4.90 Å². The molecule has 0 bridgehead atoms. The van der Waals surface area contributed by atoms with Crippen molar-refractivity contribution in [1.29, 1.82) is 0 Å². The largest absolute Gasteiger partial charge is 0.494 e. The molecule has 1 heterocycles. The molecule has 2 heteroatoms. The third-order valence-electron chi connectivity index (χ3n) is 3.54. The first-order valence-corrected chi connectivity index (χ1v) is 6.69. The Kier molecular flexibility index (Phi) is 4.43. The van der Waals surface area contributed by atoms with Crippen LogP contribution in [0, 0.1) is 6.92 Å². The molecule has 1 unspecified atom stereocenters. The van der Waals surface area contributed by atoms with E-state index < -0.39 is 0 Å². The van der Waals surface area contributed by atoms with Crippen molar-refractivity contribution in [3.8, 4) is 5.75 Å². The summed E-state index contributed by atoms with van der Waals surface area (Å²) in [4.78, 5) is 2.57. The third kappa shape index (κ3) is 3.74. The number of benzene rings is 1. The molecule has 1 fully saturated rings. The Morgan fingerprint density at radius 2 is 2.29 bits per heavy atom. The number of aryl methyl sites for hydroxylation is 1. The second-order valence-corrected chi connectivity index (χ2v) is 5.05. The lowest BCUT2D eigenvalue weighted by Gasteiger charge is -2.20. The lowest BCUT2D eigenvalue weighted by Crippen LogP contribution is -2.28. The van der Waals surface area contributed by atoms with Gasteiger partial charge in [-0.1, -0.05) is 12.1 Å². The fourth-order valence-corrected chi connectivity index (χ4v) is 2.49. The molecule has 1 atom stereocenters. The molecule has 0 aromatic heterocycles. The normalized spacial score (nSPS) is 20.7. The molecule has 0 amide bonds. The van der Waals surface area contributed by atoms with E-state index in [2.05, 4.69) is 30.9 Å². The average molecular weight is 233 g/mol. The molecular formula is C15H23NO. The van der Waals surface area contributed by atoms with Crippen molar-refractivity contribution in [3.05, 3.63) is 29.8 Å². The number of ether oxygens (including phenoxy) is 1. The van der Waals surface area contributed by atoms with Crippen LogP contribution in [-0.4, -0.2) is 30.6 Å². The summed E-state index contributed by atoms with van der Waals surface area (Å²) in [5, 5.41) is 0. The van der Waals surface area contributed by atoms with Crippen LogP contribution in [-0.2, 0) is 0 Å². The monoisotopic (exact) mass is 233 g/mol. The number of nitrogens with zero attached hydrogens (tertiary/aromatic N) is 1. The van der Waals surface area contributed by atoms with Gasteiger partial charge in [-0.3, -0.25) is 0 Å². The molecule has 1 aromatic carbocycles. The van der Waals surface area contributed by atoms with Gasteiger partial charge in [-0.05, 0) is 57.4 Å². The van der Waals surface area contributed by atoms with Crippen LogP contribution in [0.4, 0.5) is 0 Å². The zero-order valence-corrected chi connectivity index (χ0v) is 11.0. The molecule has 17 heavy (non-hydrogen) atoms. The summed E-state index contributed by atoms with van der Waals surface area (Å²) in [5.41, 5.74) is 1.26. The fourth-order valence-electron chi connectivity index (χ4n) is 2.49. The number of hydrogen-bond donors (Lipinski definition) is 0. The van der Waals surface area contributed by atoms with Gasteiger partial charge in [-0.15, -0.1) is 0 Å². The molecule has 1 aromatic rings. The Balaban J connectivity index is 1.66. The van der Waals surface area contributed by atoms with Gasteiger partial charge in [0.1, 0.15) is 5.75 Å². The zero-order chi connectivity index (χ0) is 12.1. The van der Waals surface area contributed by atoms with Gasteiger partial charge in [0.25, 0.3) is 0 Å².